The van der Waals surface area contributed by atoms with Crippen molar-refractivity contribution in [3.63, 3.8) is 0 Å². The summed E-state index contributed by atoms with van der Waals surface area (Å²) in [5.41, 5.74) is 0.619. The van der Waals surface area contributed by atoms with E-state index in [2.05, 4.69) is 0 Å². The first-order chi connectivity index (χ1) is 7.90. The summed E-state index contributed by atoms with van der Waals surface area (Å²) in [6, 6.07) is 10.1. The number of hydrogen-bond acceptors (Lipinski definition) is 1. The van der Waals surface area contributed by atoms with Crippen LogP contribution in [0.1, 0.15) is 32.4 Å². The van der Waals surface area contributed by atoms with E-state index in [1.54, 1.807) is 4.90 Å². The molecule has 2 nitrogen and oxygen atoms in total. The Kier molecular flexibility index (Phi) is 4.58. The molecule has 0 radical (unpaired) electrons. The van der Waals surface area contributed by atoms with Gasteiger partial charge >= 0.3 is 0 Å². The van der Waals surface area contributed by atoms with E-state index in [1.165, 1.54) is 0 Å². The van der Waals surface area contributed by atoms with Crippen molar-refractivity contribution in [2.45, 2.75) is 26.8 Å². The maximum absolute atomic E-state index is 12.3. The molecule has 1 unspecified atom stereocenters. The first-order valence-electron chi connectivity index (χ1n) is 5.78. The number of hydrogen-bond donors (Lipinski definition) is 0. The van der Waals surface area contributed by atoms with Crippen LogP contribution >= 0.6 is 11.6 Å². The number of carbonyl (C=O) groups is 1. The molecule has 0 fully saturated rings. The third-order valence-electron chi connectivity index (χ3n) is 3.10. The predicted molar refractivity (Wildman–Crippen MR) is 72.1 cm³/mol. The summed E-state index contributed by atoms with van der Waals surface area (Å²) >= 11 is 5.84. The number of nitrogens with zero attached hydrogens (tertiary/aromatic N) is 1. The summed E-state index contributed by atoms with van der Waals surface area (Å²) in [7, 11) is 1.83. The van der Waals surface area contributed by atoms with Crippen molar-refractivity contribution in [3.05, 3.63) is 35.9 Å². The van der Waals surface area contributed by atoms with Gasteiger partial charge in [0.1, 0.15) is 0 Å². The lowest BCUT2D eigenvalue weighted by atomic mass is 9.93. The van der Waals surface area contributed by atoms with Crippen LogP contribution in [0.5, 0.6) is 0 Å². The summed E-state index contributed by atoms with van der Waals surface area (Å²) in [5, 5.41) is 0. The van der Waals surface area contributed by atoms with Crippen molar-refractivity contribution in [1.29, 1.82) is 0 Å². The van der Waals surface area contributed by atoms with Crippen molar-refractivity contribution >= 4 is 17.5 Å². The van der Waals surface area contributed by atoms with Crippen LogP contribution in [0, 0.1) is 5.41 Å². The molecule has 0 saturated heterocycles. The molecule has 1 atom stereocenters. The van der Waals surface area contributed by atoms with E-state index in [0.717, 1.165) is 5.56 Å². The molecule has 94 valence electrons. The zero-order valence-electron chi connectivity index (χ0n) is 10.9. The van der Waals surface area contributed by atoms with Gasteiger partial charge < -0.3 is 4.90 Å². The summed E-state index contributed by atoms with van der Waals surface area (Å²) in [5.74, 6) is 0.404. The van der Waals surface area contributed by atoms with Gasteiger partial charge in [-0.15, -0.1) is 11.6 Å². The Balaban J connectivity index is 2.84. The Labute approximate surface area is 109 Å². The summed E-state index contributed by atoms with van der Waals surface area (Å²) in [6.45, 7) is 5.77. The Morgan fingerprint density at radius 3 is 2.35 bits per heavy atom. The van der Waals surface area contributed by atoms with Gasteiger partial charge in [0.25, 0.3) is 0 Å². The first-order valence-corrected chi connectivity index (χ1v) is 6.32. The Hall–Kier alpha value is -1.02. The van der Waals surface area contributed by atoms with Crippen molar-refractivity contribution in [3.8, 4) is 0 Å². The van der Waals surface area contributed by atoms with Crippen LogP contribution in [0.3, 0.4) is 0 Å². The highest BCUT2D eigenvalue weighted by Gasteiger charge is 2.31. The second kappa shape index (κ2) is 5.54. The molecule has 17 heavy (non-hydrogen) atoms. The summed E-state index contributed by atoms with van der Waals surface area (Å²) < 4.78 is 0. The van der Waals surface area contributed by atoms with E-state index in [-0.39, 0.29) is 11.9 Å². The molecule has 0 aromatic heterocycles. The maximum Gasteiger partial charge on any atom is 0.229 e. The fourth-order valence-corrected chi connectivity index (χ4v) is 1.78. The van der Waals surface area contributed by atoms with Gasteiger partial charge in [-0.3, -0.25) is 4.79 Å². The Bertz CT molecular complexity index is 375. The fourth-order valence-electron chi connectivity index (χ4n) is 1.67. The quantitative estimate of drug-likeness (QED) is 0.753. The minimum absolute atomic E-state index is 0.0613. The van der Waals surface area contributed by atoms with Crippen LogP contribution in [0.4, 0.5) is 0 Å². The number of benzene rings is 1. The van der Waals surface area contributed by atoms with Crippen LogP contribution in [0.25, 0.3) is 0 Å². The molecular formula is C14H20ClNO. The fraction of sp³-hybridized carbons (Fsp3) is 0.500. The van der Waals surface area contributed by atoms with Crippen LogP contribution < -0.4 is 0 Å². The SMILES string of the molecule is CC(c1ccccc1)N(C)C(=O)C(C)(C)CCl. The normalized spacial score (nSPS) is 13.2. The van der Waals surface area contributed by atoms with E-state index in [1.807, 2.05) is 58.2 Å². The lowest BCUT2D eigenvalue weighted by Crippen LogP contribution is -2.40. The molecule has 0 aliphatic rings. The Morgan fingerprint density at radius 1 is 1.35 bits per heavy atom. The highest BCUT2D eigenvalue weighted by molar-refractivity contribution is 6.19. The van der Waals surface area contributed by atoms with E-state index >= 15 is 0 Å². The van der Waals surface area contributed by atoms with Gasteiger partial charge in [-0.25, -0.2) is 0 Å². The molecule has 0 saturated carbocycles. The average molecular weight is 254 g/mol. The highest BCUT2D eigenvalue weighted by Crippen LogP contribution is 2.26. The molecule has 0 heterocycles. The smallest absolute Gasteiger partial charge is 0.229 e. The van der Waals surface area contributed by atoms with Gasteiger partial charge in [0, 0.05) is 12.9 Å². The van der Waals surface area contributed by atoms with Crippen molar-refractivity contribution in [2.75, 3.05) is 12.9 Å². The lowest BCUT2D eigenvalue weighted by Gasteiger charge is -2.32. The molecular weight excluding hydrogens is 234 g/mol. The van der Waals surface area contributed by atoms with Crippen molar-refractivity contribution in [2.24, 2.45) is 5.41 Å². The van der Waals surface area contributed by atoms with Gasteiger partial charge in [0.15, 0.2) is 0 Å². The Morgan fingerprint density at radius 2 is 1.88 bits per heavy atom. The molecule has 3 heteroatoms. The predicted octanol–water partition coefficient (Wildman–Crippen LogP) is 3.47. The number of carbonyl (C=O) groups excluding carboxylic acids is 1. The molecule has 0 aliphatic carbocycles. The van der Waals surface area contributed by atoms with Crippen molar-refractivity contribution < 1.29 is 4.79 Å². The van der Waals surface area contributed by atoms with Gasteiger partial charge in [-0.1, -0.05) is 30.3 Å². The van der Waals surface area contributed by atoms with Gasteiger partial charge in [0.05, 0.1) is 11.5 Å². The van der Waals surface area contributed by atoms with Gasteiger partial charge in [-0.2, -0.15) is 0 Å². The van der Waals surface area contributed by atoms with E-state index in [4.69, 9.17) is 11.6 Å². The maximum atomic E-state index is 12.3. The molecule has 0 bridgehead atoms. The second-order valence-electron chi connectivity index (χ2n) is 5.02. The monoisotopic (exact) mass is 253 g/mol. The van der Waals surface area contributed by atoms with Gasteiger partial charge in [-0.05, 0) is 26.3 Å². The van der Waals surface area contributed by atoms with Gasteiger partial charge in [0.2, 0.25) is 5.91 Å². The minimum atomic E-state index is -0.515. The zero-order chi connectivity index (χ0) is 13.1. The molecule has 1 aromatic carbocycles. The van der Waals surface area contributed by atoms with E-state index in [9.17, 15) is 4.79 Å². The number of amides is 1. The molecule has 0 spiro atoms. The molecule has 0 N–H and O–H groups in total. The highest BCUT2D eigenvalue weighted by atomic mass is 35.5. The van der Waals surface area contributed by atoms with E-state index in [0.29, 0.717) is 5.88 Å². The molecule has 0 aliphatic heterocycles. The van der Waals surface area contributed by atoms with Crippen LogP contribution in [-0.2, 0) is 4.79 Å². The zero-order valence-corrected chi connectivity index (χ0v) is 11.7. The van der Waals surface area contributed by atoms with E-state index < -0.39 is 5.41 Å². The molecule has 1 amide bonds. The summed E-state index contributed by atoms with van der Waals surface area (Å²) in [4.78, 5) is 14.0. The number of rotatable bonds is 4. The topological polar surface area (TPSA) is 20.3 Å². The minimum Gasteiger partial charge on any atom is -0.338 e. The van der Waals surface area contributed by atoms with Crippen molar-refractivity contribution in [1.82, 2.24) is 4.90 Å². The largest absolute Gasteiger partial charge is 0.338 e. The second-order valence-corrected chi connectivity index (χ2v) is 5.29. The van der Waals surface area contributed by atoms with Crippen LogP contribution in [0.2, 0.25) is 0 Å². The standard InChI is InChI=1S/C14H20ClNO/c1-11(12-8-6-5-7-9-12)16(4)13(17)14(2,3)10-15/h5-9,11H,10H2,1-4H3. The number of alkyl halides is 1. The van der Waals surface area contributed by atoms with Crippen LogP contribution in [-0.4, -0.2) is 23.7 Å². The third kappa shape index (κ3) is 3.22. The third-order valence-corrected chi connectivity index (χ3v) is 3.76. The number of halogens is 1. The average Bonchev–Trinajstić information content (AvgIpc) is 2.37. The van der Waals surface area contributed by atoms with Crippen LogP contribution in [0.15, 0.2) is 30.3 Å². The molecule has 1 aromatic rings. The summed E-state index contributed by atoms with van der Waals surface area (Å²) in [6.07, 6.45) is 0. The molecule has 1 rings (SSSR count). The lowest BCUT2D eigenvalue weighted by molar-refractivity contribution is -0.139. The first kappa shape index (κ1) is 14.0.